The zero-order valence-corrected chi connectivity index (χ0v) is 9.35. The smallest absolute Gasteiger partial charge is 0.00211 e. The van der Waals surface area contributed by atoms with Gasteiger partial charge >= 0.3 is 0 Å². The highest BCUT2D eigenvalue weighted by molar-refractivity contribution is 4.65. The van der Waals surface area contributed by atoms with Crippen LogP contribution in [0.5, 0.6) is 0 Å². The molecule has 0 amide bonds. The Kier molecular flexibility index (Phi) is 6.45. The second-order valence-corrected chi connectivity index (χ2v) is 4.53. The Balaban J connectivity index is 3.63. The standard InChI is InChI=1S/C11H25N/c1-9(2)6-7-11(8-12-5)10(3)4/h9-12H,6-8H2,1-5H3. The molecule has 0 fully saturated rings. The Bertz CT molecular complexity index is 97.2. The lowest BCUT2D eigenvalue weighted by molar-refractivity contribution is 0.324. The molecule has 0 aromatic heterocycles. The summed E-state index contributed by atoms with van der Waals surface area (Å²) in [6, 6.07) is 0. The first-order valence-electron chi connectivity index (χ1n) is 5.22. The van der Waals surface area contributed by atoms with Crippen LogP contribution in [0.25, 0.3) is 0 Å². The molecule has 0 aromatic carbocycles. The number of rotatable bonds is 6. The first-order valence-corrected chi connectivity index (χ1v) is 5.22. The quantitative estimate of drug-likeness (QED) is 0.648. The molecule has 0 heterocycles. The van der Waals surface area contributed by atoms with Gasteiger partial charge in [0.2, 0.25) is 0 Å². The molecule has 1 nitrogen and oxygen atoms in total. The summed E-state index contributed by atoms with van der Waals surface area (Å²) in [6.45, 7) is 10.4. The van der Waals surface area contributed by atoms with Gasteiger partial charge in [-0.05, 0) is 37.8 Å². The van der Waals surface area contributed by atoms with Crippen molar-refractivity contribution in [1.29, 1.82) is 0 Å². The minimum absolute atomic E-state index is 0.816. The summed E-state index contributed by atoms with van der Waals surface area (Å²) in [4.78, 5) is 0. The molecule has 1 heteroatoms. The molecule has 0 aromatic rings. The normalized spacial score (nSPS) is 14.2. The molecule has 0 aliphatic carbocycles. The maximum atomic E-state index is 3.27. The van der Waals surface area contributed by atoms with Crippen molar-refractivity contribution in [2.24, 2.45) is 17.8 Å². The van der Waals surface area contributed by atoms with Gasteiger partial charge in [0, 0.05) is 0 Å². The molecule has 1 atom stereocenters. The van der Waals surface area contributed by atoms with Gasteiger partial charge in [-0.3, -0.25) is 0 Å². The van der Waals surface area contributed by atoms with Crippen LogP contribution in [0.2, 0.25) is 0 Å². The highest BCUT2D eigenvalue weighted by atomic mass is 14.8. The zero-order chi connectivity index (χ0) is 9.56. The van der Waals surface area contributed by atoms with Gasteiger partial charge < -0.3 is 5.32 Å². The van der Waals surface area contributed by atoms with Gasteiger partial charge in [-0.2, -0.15) is 0 Å². The summed E-state index contributed by atoms with van der Waals surface area (Å²) in [5.74, 6) is 2.52. The van der Waals surface area contributed by atoms with Gasteiger partial charge in [-0.15, -0.1) is 0 Å². The Morgan fingerprint density at radius 2 is 1.58 bits per heavy atom. The van der Waals surface area contributed by atoms with Crippen molar-refractivity contribution in [1.82, 2.24) is 5.32 Å². The minimum atomic E-state index is 0.816. The molecular weight excluding hydrogens is 146 g/mol. The molecule has 1 unspecified atom stereocenters. The van der Waals surface area contributed by atoms with E-state index in [4.69, 9.17) is 0 Å². The molecular formula is C11H25N. The van der Waals surface area contributed by atoms with Gasteiger partial charge in [-0.1, -0.05) is 34.1 Å². The monoisotopic (exact) mass is 171 g/mol. The largest absolute Gasteiger partial charge is 0.319 e. The van der Waals surface area contributed by atoms with E-state index in [0.29, 0.717) is 0 Å². The third-order valence-corrected chi connectivity index (χ3v) is 2.52. The summed E-state index contributed by atoms with van der Waals surface area (Å²) in [5, 5.41) is 3.27. The number of nitrogens with one attached hydrogen (secondary N) is 1. The van der Waals surface area contributed by atoms with Gasteiger partial charge in [0.25, 0.3) is 0 Å². The van der Waals surface area contributed by atoms with E-state index in [-0.39, 0.29) is 0 Å². The maximum absolute atomic E-state index is 3.27. The van der Waals surface area contributed by atoms with Crippen LogP contribution >= 0.6 is 0 Å². The van der Waals surface area contributed by atoms with E-state index in [2.05, 4.69) is 33.0 Å². The number of hydrogen-bond acceptors (Lipinski definition) is 1. The van der Waals surface area contributed by atoms with E-state index in [1.54, 1.807) is 0 Å². The van der Waals surface area contributed by atoms with Gasteiger partial charge in [-0.25, -0.2) is 0 Å². The highest BCUT2D eigenvalue weighted by Gasteiger charge is 2.12. The lowest BCUT2D eigenvalue weighted by Crippen LogP contribution is -2.23. The van der Waals surface area contributed by atoms with E-state index in [9.17, 15) is 0 Å². The van der Waals surface area contributed by atoms with Crippen LogP contribution in [0.1, 0.15) is 40.5 Å². The van der Waals surface area contributed by atoms with Gasteiger partial charge in [0.1, 0.15) is 0 Å². The second kappa shape index (κ2) is 6.47. The molecule has 0 bridgehead atoms. The average Bonchev–Trinajstić information content (AvgIpc) is 1.96. The van der Waals surface area contributed by atoms with Crippen LogP contribution in [-0.4, -0.2) is 13.6 Å². The van der Waals surface area contributed by atoms with Crippen LogP contribution in [0, 0.1) is 17.8 Å². The Labute approximate surface area is 77.9 Å². The molecule has 0 spiro atoms. The second-order valence-electron chi connectivity index (χ2n) is 4.53. The van der Waals surface area contributed by atoms with E-state index in [0.717, 1.165) is 17.8 Å². The fourth-order valence-electron chi connectivity index (χ4n) is 1.48. The maximum Gasteiger partial charge on any atom is -0.00211 e. The minimum Gasteiger partial charge on any atom is -0.319 e. The first kappa shape index (κ1) is 12.0. The fourth-order valence-corrected chi connectivity index (χ4v) is 1.48. The van der Waals surface area contributed by atoms with Gasteiger partial charge in [0.05, 0.1) is 0 Å². The molecule has 0 saturated carbocycles. The summed E-state index contributed by atoms with van der Waals surface area (Å²) in [7, 11) is 2.05. The zero-order valence-electron chi connectivity index (χ0n) is 9.35. The molecule has 0 aliphatic heterocycles. The Morgan fingerprint density at radius 1 is 1.00 bits per heavy atom. The molecule has 0 saturated heterocycles. The number of hydrogen-bond donors (Lipinski definition) is 1. The predicted octanol–water partition coefficient (Wildman–Crippen LogP) is 2.91. The van der Waals surface area contributed by atoms with E-state index in [1.807, 2.05) is 7.05 Å². The highest BCUT2D eigenvalue weighted by Crippen LogP contribution is 2.18. The summed E-state index contributed by atoms with van der Waals surface area (Å²) in [5.41, 5.74) is 0. The average molecular weight is 171 g/mol. The lowest BCUT2D eigenvalue weighted by atomic mass is 9.89. The van der Waals surface area contributed by atoms with E-state index < -0.39 is 0 Å². The summed E-state index contributed by atoms with van der Waals surface area (Å²) in [6.07, 6.45) is 2.74. The molecule has 0 radical (unpaired) electrons. The van der Waals surface area contributed by atoms with E-state index >= 15 is 0 Å². The van der Waals surface area contributed by atoms with Crippen molar-refractivity contribution in [3.63, 3.8) is 0 Å². The molecule has 12 heavy (non-hydrogen) atoms. The van der Waals surface area contributed by atoms with Gasteiger partial charge in [0.15, 0.2) is 0 Å². The van der Waals surface area contributed by atoms with Crippen LogP contribution in [0.3, 0.4) is 0 Å². The van der Waals surface area contributed by atoms with Crippen molar-refractivity contribution < 1.29 is 0 Å². The SMILES string of the molecule is CNCC(CCC(C)C)C(C)C. The molecule has 0 rings (SSSR count). The van der Waals surface area contributed by atoms with Crippen molar-refractivity contribution in [3.05, 3.63) is 0 Å². The van der Waals surface area contributed by atoms with Crippen LogP contribution in [0.4, 0.5) is 0 Å². The third kappa shape index (κ3) is 5.59. The van der Waals surface area contributed by atoms with Crippen molar-refractivity contribution in [2.45, 2.75) is 40.5 Å². The van der Waals surface area contributed by atoms with Crippen LogP contribution < -0.4 is 5.32 Å². The fraction of sp³-hybridized carbons (Fsp3) is 1.00. The molecule has 74 valence electrons. The summed E-state index contributed by atoms with van der Waals surface area (Å²) >= 11 is 0. The van der Waals surface area contributed by atoms with E-state index in [1.165, 1.54) is 19.4 Å². The first-order chi connectivity index (χ1) is 5.57. The van der Waals surface area contributed by atoms with Crippen LogP contribution in [-0.2, 0) is 0 Å². The predicted molar refractivity (Wildman–Crippen MR) is 56.3 cm³/mol. The van der Waals surface area contributed by atoms with Crippen LogP contribution in [0.15, 0.2) is 0 Å². The van der Waals surface area contributed by atoms with Crippen molar-refractivity contribution in [3.8, 4) is 0 Å². The Morgan fingerprint density at radius 3 is 1.92 bits per heavy atom. The molecule has 1 N–H and O–H groups in total. The van der Waals surface area contributed by atoms with Crippen molar-refractivity contribution >= 4 is 0 Å². The summed E-state index contributed by atoms with van der Waals surface area (Å²) < 4.78 is 0. The molecule has 0 aliphatic rings. The lowest BCUT2D eigenvalue weighted by Gasteiger charge is -2.21. The Hall–Kier alpha value is -0.0400. The topological polar surface area (TPSA) is 12.0 Å². The third-order valence-electron chi connectivity index (χ3n) is 2.52. The van der Waals surface area contributed by atoms with Crippen molar-refractivity contribution in [2.75, 3.05) is 13.6 Å².